The summed E-state index contributed by atoms with van der Waals surface area (Å²) in [4.78, 5) is 1.78. The van der Waals surface area contributed by atoms with Crippen molar-refractivity contribution in [2.45, 2.75) is 130 Å². The Hall–Kier alpha value is -5.22. The molecule has 26 heteroatoms. The Morgan fingerprint density at radius 1 is 0.442 bits per heavy atom. The molecular formula is C60H78Br3F12N9P2-2. The molecule has 480 valence electrons. The van der Waals surface area contributed by atoms with Crippen molar-refractivity contribution in [1.82, 2.24) is 11.1 Å². The van der Waals surface area contributed by atoms with Crippen LogP contribution in [0.4, 0.5) is 84.5 Å². The van der Waals surface area contributed by atoms with Gasteiger partial charge in [-0.3, -0.25) is 25.5 Å². The van der Waals surface area contributed by atoms with Crippen molar-refractivity contribution in [3.63, 3.8) is 0 Å². The van der Waals surface area contributed by atoms with Crippen molar-refractivity contribution in [3.8, 4) is 0 Å². The van der Waals surface area contributed by atoms with Crippen molar-refractivity contribution in [2.75, 3.05) is 32.0 Å². The zero-order valence-electron chi connectivity index (χ0n) is 51.4. The predicted molar refractivity (Wildman–Crippen MR) is 352 cm³/mol. The van der Waals surface area contributed by atoms with E-state index in [0.717, 1.165) is 29.0 Å². The molecule has 0 saturated carbocycles. The summed E-state index contributed by atoms with van der Waals surface area (Å²) < 4.78 is 118. The number of hydrogen-bond donors (Lipinski definition) is 3. The van der Waals surface area contributed by atoms with E-state index in [9.17, 15) is 50.4 Å². The predicted octanol–water partition coefficient (Wildman–Crippen LogP) is 24.3. The maximum absolute atomic E-state index is 10.7. The molecule has 8 rings (SSSR count). The van der Waals surface area contributed by atoms with Crippen LogP contribution in [0.15, 0.2) is 107 Å². The zero-order valence-corrected chi connectivity index (χ0v) is 58.1. The SMILES string of the molecule is Br.C=CBr.Cc1cc(C)c(N2C=CN(c3c(C)cc(C)cc3C)N2)c(C)c1.Cc1cc(C)c(N2CC(Br)N(c3c(C)cc(C)cc3C)N2)c(C)c1.Cc1cc(C)c(N=NNc2c(C)cc(C)cc2C)c(C)c1.F[P-](F)(F)(F)(F)F.F[P-](F)(F)(F)(F)F. The standard InChI is InChI=1S/C20H26BrN3.C20H25N3.C18H23N3.C2H3Br.BrH.2F6P/c1-12-7-14(3)19(15(4)8-12)23-11-18(21)24(22-23)20-16(5)9-13(2)10-17(20)6;1-13-9-15(3)19(16(4)10-13)22-7-8-23(21-22)20-17(5)11-14(2)12-18(20)6;1-11-7-13(3)17(14(4)8-11)19-21-20-18-15(5)9-12(2)10-16(18)6;1-2-3;;2*1-7(2,3,4,5)6/h7-10,18,22H,11H2,1-6H3;7-12,21H,1-6H3;7-10H,1-6H3,(H,19,20);2H,1H2;1H;;/q;;;;;2*-1. The summed E-state index contributed by atoms with van der Waals surface area (Å²) in [6.45, 7) is 42.6. The average molecular weight is 1450 g/mol. The molecule has 2 aliphatic heterocycles. The molecule has 2 aliphatic rings. The summed E-state index contributed by atoms with van der Waals surface area (Å²) in [7, 11) is -21.3. The van der Waals surface area contributed by atoms with Crippen LogP contribution < -0.4 is 36.5 Å². The molecule has 0 amide bonds. The minimum absolute atomic E-state index is 0. The van der Waals surface area contributed by atoms with E-state index in [-0.39, 0.29) is 21.9 Å². The fourth-order valence-corrected chi connectivity index (χ4v) is 11.0. The Labute approximate surface area is 525 Å². The molecule has 0 radical (unpaired) electrons. The molecule has 0 aromatic heterocycles. The molecular weight excluding hydrogens is 1380 g/mol. The van der Waals surface area contributed by atoms with Crippen molar-refractivity contribution in [2.24, 2.45) is 10.3 Å². The molecule has 2 heterocycles. The van der Waals surface area contributed by atoms with Crippen LogP contribution in [0.25, 0.3) is 0 Å². The van der Waals surface area contributed by atoms with E-state index < -0.39 is 15.6 Å². The summed E-state index contributed by atoms with van der Waals surface area (Å²) >= 11 is 6.76. The Bertz CT molecular complexity index is 3220. The first kappa shape index (κ1) is 76.9. The van der Waals surface area contributed by atoms with Gasteiger partial charge in [-0.25, -0.2) is 0 Å². The monoisotopic (exact) mass is 1450 g/mol. The van der Waals surface area contributed by atoms with Crippen molar-refractivity contribution >= 4 is 98.6 Å². The third-order valence-corrected chi connectivity index (χ3v) is 13.3. The Kier molecular flexibility index (Phi) is 25.1. The van der Waals surface area contributed by atoms with Crippen molar-refractivity contribution < 1.29 is 50.4 Å². The van der Waals surface area contributed by atoms with Gasteiger partial charge in [-0.05, 0) is 196 Å². The van der Waals surface area contributed by atoms with E-state index in [1.165, 1.54) is 112 Å². The van der Waals surface area contributed by atoms with Crippen molar-refractivity contribution in [1.29, 1.82) is 0 Å². The molecule has 1 saturated heterocycles. The number of rotatable bonds is 7. The van der Waals surface area contributed by atoms with Gasteiger partial charge in [0.15, 0.2) is 0 Å². The first-order valence-electron chi connectivity index (χ1n) is 26.3. The Balaban J connectivity index is 0.000000386. The molecule has 1 atom stereocenters. The molecule has 9 nitrogen and oxygen atoms in total. The van der Waals surface area contributed by atoms with Crippen LogP contribution in [0.1, 0.15) is 100 Å². The number of hydrazine groups is 4. The number of aryl methyl sites for hydroxylation is 18. The van der Waals surface area contributed by atoms with Crippen LogP contribution in [-0.2, 0) is 0 Å². The van der Waals surface area contributed by atoms with Crippen LogP contribution >= 0.6 is 64.5 Å². The molecule has 3 N–H and O–H groups in total. The number of nitrogens with one attached hydrogen (secondary N) is 3. The van der Waals surface area contributed by atoms with E-state index in [4.69, 9.17) is 0 Å². The van der Waals surface area contributed by atoms with Gasteiger partial charge in [-0.2, -0.15) is 0 Å². The first-order valence-corrected chi connectivity index (χ1v) is 32.2. The topological polar surface area (TPSA) is 73.8 Å². The molecule has 0 bridgehead atoms. The van der Waals surface area contributed by atoms with Crippen LogP contribution in [0.3, 0.4) is 0 Å². The van der Waals surface area contributed by atoms with Gasteiger partial charge in [0.25, 0.3) is 0 Å². The van der Waals surface area contributed by atoms with Crippen LogP contribution in [0.5, 0.6) is 0 Å². The zero-order chi connectivity index (χ0) is 65.4. The Morgan fingerprint density at radius 3 is 0.977 bits per heavy atom. The number of benzene rings is 6. The normalized spacial score (nSPS) is 15.3. The summed E-state index contributed by atoms with van der Waals surface area (Å²) in [6.07, 6.45) is 4.17. The number of anilines is 5. The third kappa shape index (κ3) is 26.6. The number of alkyl halides is 1. The van der Waals surface area contributed by atoms with Crippen LogP contribution in [-0.4, -0.2) is 11.5 Å². The van der Waals surface area contributed by atoms with Gasteiger partial charge in [0.2, 0.25) is 0 Å². The van der Waals surface area contributed by atoms with Gasteiger partial charge in [0.05, 0.1) is 40.7 Å². The van der Waals surface area contributed by atoms with Gasteiger partial charge in [-0.15, -0.1) is 33.2 Å². The third-order valence-electron chi connectivity index (χ3n) is 12.6. The minimum atomic E-state index is -10.7. The van der Waals surface area contributed by atoms with E-state index in [1.807, 2.05) is 0 Å². The number of halogens is 15. The molecule has 86 heavy (non-hydrogen) atoms. The molecule has 6 aromatic carbocycles. The molecule has 6 aromatic rings. The summed E-state index contributed by atoms with van der Waals surface area (Å²) in [5.41, 5.74) is 39.8. The second-order valence-electron chi connectivity index (χ2n) is 21.5. The van der Waals surface area contributed by atoms with Crippen LogP contribution in [0.2, 0.25) is 0 Å². The Morgan fingerprint density at radius 2 is 0.686 bits per heavy atom. The van der Waals surface area contributed by atoms with E-state index in [2.05, 4.69) is 295 Å². The van der Waals surface area contributed by atoms with Crippen molar-refractivity contribution in [3.05, 3.63) is 197 Å². The van der Waals surface area contributed by atoms with Gasteiger partial charge < -0.3 is 0 Å². The summed E-state index contributed by atoms with van der Waals surface area (Å²) in [6, 6.07) is 26.4. The fourth-order valence-electron chi connectivity index (χ4n) is 10.4. The second kappa shape index (κ2) is 28.1. The van der Waals surface area contributed by atoms with E-state index in [1.54, 1.807) is 4.99 Å². The van der Waals surface area contributed by atoms with Crippen LogP contribution in [0, 0.1) is 125 Å². The van der Waals surface area contributed by atoms with E-state index >= 15 is 0 Å². The van der Waals surface area contributed by atoms with Gasteiger partial charge in [0.1, 0.15) is 4.95 Å². The first-order chi connectivity index (χ1) is 38.3. The molecule has 1 unspecified atom stereocenters. The number of nitrogens with zero attached hydrogens (tertiary/aromatic N) is 6. The van der Waals surface area contributed by atoms with Gasteiger partial charge >= 0.3 is 66.0 Å². The van der Waals surface area contributed by atoms with Gasteiger partial charge in [0, 0.05) is 12.4 Å². The summed E-state index contributed by atoms with van der Waals surface area (Å²) in [5.74, 6) is 0. The number of hydrogen-bond acceptors (Lipinski definition) is 8. The molecule has 0 spiro atoms. The molecule has 1 fully saturated rings. The second-order valence-corrected chi connectivity index (χ2v) is 27.1. The maximum atomic E-state index is 9.87. The van der Waals surface area contributed by atoms with Gasteiger partial charge in [-0.1, -0.05) is 150 Å². The molecule has 0 aliphatic carbocycles. The quantitative estimate of drug-likeness (QED) is 0.0367. The average Bonchev–Trinajstić information content (AvgIpc) is 3.88. The van der Waals surface area contributed by atoms with E-state index in [0.29, 0.717) is 0 Å². The fraction of sp³-hybridized carbons (Fsp3) is 0.333. The summed E-state index contributed by atoms with van der Waals surface area (Å²) in [5, 5.41) is 17.2.